The molecule has 0 spiro atoms. The van der Waals surface area contributed by atoms with Crippen LogP contribution in [0.3, 0.4) is 0 Å². The Hall–Kier alpha value is -3.36. The van der Waals surface area contributed by atoms with Crippen LogP contribution in [0.25, 0.3) is 10.1 Å². The van der Waals surface area contributed by atoms with Crippen LogP contribution < -0.4 is 14.8 Å². The quantitative estimate of drug-likeness (QED) is 0.417. The predicted octanol–water partition coefficient (Wildman–Crippen LogP) is 5.27. The molecule has 2 N–H and O–H groups in total. The van der Waals surface area contributed by atoms with E-state index in [1.165, 1.54) is 42.7 Å². The number of rotatable bonds is 6. The van der Waals surface area contributed by atoms with Gasteiger partial charge in [-0.2, -0.15) is 0 Å². The van der Waals surface area contributed by atoms with Crippen molar-refractivity contribution in [3.05, 3.63) is 83.9 Å². The Bertz CT molecular complexity index is 1330. The number of amides is 1. The van der Waals surface area contributed by atoms with Crippen molar-refractivity contribution in [1.82, 2.24) is 0 Å². The van der Waals surface area contributed by atoms with Gasteiger partial charge in [-0.15, -0.1) is 11.3 Å². The minimum Gasteiger partial charge on any atom is -0.497 e. The van der Waals surface area contributed by atoms with Crippen molar-refractivity contribution in [1.29, 1.82) is 0 Å². The van der Waals surface area contributed by atoms with Gasteiger partial charge in [0.15, 0.2) is 0 Å². The van der Waals surface area contributed by atoms with Crippen molar-refractivity contribution in [3.63, 3.8) is 0 Å². The van der Waals surface area contributed by atoms with Crippen LogP contribution in [0.4, 0.5) is 10.7 Å². The molecule has 31 heavy (non-hydrogen) atoms. The van der Waals surface area contributed by atoms with E-state index in [9.17, 15) is 13.2 Å². The fraction of sp³-hybridized carbons (Fsp3) is 0.0870. The molecule has 0 fully saturated rings. The predicted molar refractivity (Wildman–Crippen MR) is 125 cm³/mol. The van der Waals surface area contributed by atoms with Crippen LogP contribution in [0, 0.1) is 6.92 Å². The van der Waals surface area contributed by atoms with E-state index in [0.29, 0.717) is 10.8 Å². The first-order chi connectivity index (χ1) is 14.9. The van der Waals surface area contributed by atoms with E-state index in [1.54, 1.807) is 18.2 Å². The Morgan fingerprint density at radius 1 is 0.968 bits per heavy atom. The normalized spacial score (nSPS) is 11.3. The Morgan fingerprint density at radius 2 is 1.71 bits per heavy atom. The van der Waals surface area contributed by atoms with E-state index in [2.05, 4.69) is 10.0 Å². The first-order valence-corrected chi connectivity index (χ1v) is 11.7. The molecule has 1 amide bonds. The average Bonchev–Trinajstić information content (AvgIpc) is 3.15. The smallest absolute Gasteiger partial charge is 0.261 e. The molecular formula is C23H20N2O4S2. The molecular weight excluding hydrogens is 432 g/mol. The van der Waals surface area contributed by atoms with Crippen molar-refractivity contribution in [2.75, 3.05) is 17.1 Å². The van der Waals surface area contributed by atoms with Gasteiger partial charge in [0.25, 0.3) is 15.9 Å². The molecule has 0 aliphatic carbocycles. The fourth-order valence-corrected chi connectivity index (χ4v) is 5.11. The summed E-state index contributed by atoms with van der Waals surface area (Å²) in [5, 5.41) is 4.56. The van der Waals surface area contributed by atoms with E-state index in [0.717, 1.165) is 15.6 Å². The van der Waals surface area contributed by atoms with Gasteiger partial charge in [0, 0.05) is 10.8 Å². The van der Waals surface area contributed by atoms with E-state index < -0.39 is 15.9 Å². The number of thiophene rings is 1. The summed E-state index contributed by atoms with van der Waals surface area (Å²) in [6.45, 7) is 1.88. The summed E-state index contributed by atoms with van der Waals surface area (Å²) >= 11 is 1.45. The number of hydrogen-bond donors (Lipinski definition) is 2. The summed E-state index contributed by atoms with van der Waals surface area (Å²) in [7, 11) is -2.41. The van der Waals surface area contributed by atoms with E-state index in [1.807, 2.05) is 37.3 Å². The van der Waals surface area contributed by atoms with Crippen LogP contribution in [-0.4, -0.2) is 21.4 Å². The number of ether oxygens (including phenoxy) is 1. The highest BCUT2D eigenvalue weighted by Crippen LogP contribution is 2.31. The molecule has 3 aromatic carbocycles. The number of benzene rings is 3. The maximum absolute atomic E-state index is 13.0. The van der Waals surface area contributed by atoms with Crippen LogP contribution in [0.1, 0.15) is 15.9 Å². The number of hydrogen-bond acceptors (Lipinski definition) is 5. The number of fused-ring (bicyclic) bond motifs is 1. The number of anilines is 2. The molecule has 0 saturated carbocycles. The van der Waals surface area contributed by atoms with Crippen molar-refractivity contribution in [2.45, 2.75) is 11.8 Å². The molecule has 1 heterocycles. The highest BCUT2D eigenvalue weighted by atomic mass is 32.2. The third kappa shape index (κ3) is 4.55. The van der Waals surface area contributed by atoms with Gasteiger partial charge in [-0.05, 0) is 48.7 Å². The van der Waals surface area contributed by atoms with Gasteiger partial charge in [0.05, 0.1) is 28.3 Å². The molecule has 0 radical (unpaired) electrons. The number of carbonyl (C=O) groups excluding carboxylic acids is 1. The molecule has 158 valence electrons. The molecule has 0 atom stereocenters. The van der Waals surface area contributed by atoms with Crippen LogP contribution in [0.15, 0.2) is 77.7 Å². The zero-order chi connectivity index (χ0) is 22.0. The van der Waals surface area contributed by atoms with Gasteiger partial charge in [0.2, 0.25) is 0 Å². The van der Waals surface area contributed by atoms with Crippen LogP contribution >= 0.6 is 11.3 Å². The lowest BCUT2D eigenvalue weighted by atomic mass is 10.1. The SMILES string of the molecule is COc1ccc(C(=O)Nc2cc3ccccc3s2)c(NS(=O)(=O)c2ccc(C)cc2)c1. The van der Waals surface area contributed by atoms with Crippen molar-refractivity contribution >= 4 is 48.0 Å². The van der Waals surface area contributed by atoms with E-state index in [-0.39, 0.29) is 16.1 Å². The van der Waals surface area contributed by atoms with Gasteiger partial charge >= 0.3 is 0 Å². The molecule has 1 aromatic heterocycles. The first kappa shape index (κ1) is 20.9. The standard InChI is InChI=1S/C23H20N2O4S2/c1-15-7-10-18(11-8-15)31(27,28)25-20-14-17(29-2)9-12-19(20)23(26)24-22-13-16-5-3-4-6-21(16)30-22/h3-14,25H,1-2H3,(H,24,26). The second-order valence-corrected chi connectivity index (χ2v) is 9.70. The summed E-state index contributed by atoms with van der Waals surface area (Å²) in [5.74, 6) is 0.0100. The zero-order valence-electron chi connectivity index (χ0n) is 16.9. The van der Waals surface area contributed by atoms with Crippen molar-refractivity contribution < 1.29 is 17.9 Å². The average molecular weight is 453 g/mol. The highest BCUT2D eigenvalue weighted by Gasteiger charge is 2.20. The summed E-state index contributed by atoms with van der Waals surface area (Å²) in [4.78, 5) is 13.1. The molecule has 0 unspecified atom stereocenters. The number of methoxy groups -OCH3 is 1. The van der Waals surface area contributed by atoms with E-state index in [4.69, 9.17) is 4.74 Å². The number of sulfonamides is 1. The third-order valence-electron chi connectivity index (χ3n) is 4.71. The molecule has 6 nitrogen and oxygen atoms in total. The largest absolute Gasteiger partial charge is 0.497 e. The Balaban J connectivity index is 1.66. The van der Waals surface area contributed by atoms with Gasteiger partial charge in [-0.3, -0.25) is 9.52 Å². The van der Waals surface area contributed by atoms with Gasteiger partial charge in [-0.25, -0.2) is 8.42 Å². The summed E-state index contributed by atoms with van der Waals surface area (Å²) in [6, 6.07) is 20.8. The number of carbonyl (C=O) groups is 1. The second-order valence-electron chi connectivity index (χ2n) is 6.93. The molecule has 4 rings (SSSR count). The monoisotopic (exact) mass is 452 g/mol. The van der Waals surface area contributed by atoms with Gasteiger partial charge < -0.3 is 10.1 Å². The molecule has 0 aliphatic rings. The van der Waals surface area contributed by atoms with Crippen molar-refractivity contribution in [3.8, 4) is 5.75 Å². The van der Waals surface area contributed by atoms with Gasteiger partial charge in [0.1, 0.15) is 5.75 Å². The Labute approximate surface area is 184 Å². The summed E-state index contributed by atoms with van der Waals surface area (Å²) in [6.07, 6.45) is 0. The van der Waals surface area contributed by atoms with Crippen LogP contribution in [0.5, 0.6) is 5.75 Å². The summed E-state index contributed by atoms with van der Waals surface area (Å²) < 4.78 is 34.6. The van der Waals surface area contributed by atoms with Crippen LogP contribution in [0.2, 0.25) is 0 Å². The number of nitrogens with one attached hydrogen (secondary N) is 2. The maximum atomic E-state index is 13.0. The lowest BCUT2D eigenvalue weighted by Gasteiger charge is -2.14. The molecule has 0 saturated heterocycles. The Morgan fingerprint density at radius 3 is 2.42 bits per heavy atom. The highest BCUT2D eigenvalue weighted by molar-refractivity contribution is 7.92. The van der Waals surface area contributed by atoms with E-state index >= 15 is 0 Å². The molecule has 4 aromatic rings. The minimum absolute atomic E-state index is 0.108. The lowest BCUT2D eigenvalue weighted by Crippen LogP contribution is -2.18. The molecule has 8 heteroatoms. The fourth-order valence-electron chi connectivity index (χ4n) is 3.08. The lowest BCUT2D eigenvalue weighted by molar-refractivity contribution is 0.102. The third-order valence-corrected chi connectivity index (χ3v) is 7.12. The van der Waals surface area contributed by atoms with Crippen LogP contribution in [-0.2, 0) is 10.0 Å². The minimum atomic E-state index is -3.89. The second kappa shape index (κ2) is 8.41. The first-order valence-electron chi connectivity index (χ1n) is 9.43. The summed E-state index contributed by atoms with van der Waals surface area (Å²) in [5.41, 5.74) is 1.27. The number of aryl methyl sites for hydroxylation is 1. The maximum Gasteiger partial charge on any atom is 0.261 e. The van der Waals surface area contributed by atoms with Gasteiger partial charge in [-0.1, -0.05) is 35.9 Å². The van der Waals surface area contributed by atoms with Crippen molar-refractivity contribution in [2.24, 2.45) is 0 Å². The molecule has 0 aliphatic heterocycles. The Kier molecular flexibility index (Phi) is 5.67. The molecule has 0 bridgehead atoms. The zero-order valence-corrected chi connectivity index (χ0v) is 18.5. The topological polar surface area (TPSA) is 84.5 Å².